The minimum absolute atomic E-state index is 0.695. The zero-order chi connectivity index (χ0) is 14.5. The van der Waals surface area contributed by atoms with Crippen molar-refractivity contribution in [3.63, 3.8) is 0 Å². The summed E-state index contributed by atoms with van der Waals surface area (Å²) in [4.78, 5) is 5.01. The van der Waals surface area contributed by atoms with Gasteiger partial charge in [-0.1, -0.05) is 6.42 Å². The van der Waals surface area contributed by atoms with Gasteiger partial charge in [-0.15, -0.1) is 0 Å². The van der Waals surface area contributed by atoms with Gasteiger partial charge in [-0.25, -0.2) is 0 Å². The van der Waals surface area contributed by atoms with E-state index in [1.807, 2.05) is 0 Å². The van der Waals surface area contributed by atoms with E-state index < -0.39 is 0 Å². The van der Waals surface area contributed by atoms with Gasteiger partial charge in [0.25, 0.3) is 0 Å². The summed E-state index contributed by atoms with van der Waals surface area (Å²) in [5.41, 5.74) is 2.64. The maximum Gasteiger partial charge on any atom is 0.0367 e. The Balaban J connectivity index is 1.52. The summed E-state index contributed by atoms with van der Waals surface area (Å²) in [6, 6.07) is 9.73. The monoisotopic (exact) mass is 287 g/mol. The van der Waals surface area contributed by atoms with E-state index in [0.29, 0.717) is 6.04 Å². The molecule has 3 heteroatoms. The van der Waals surface area contributed by atoms with Gasteiger partial charge in [-0.2, -0.15) is 0 Å². The van der Waals surface area contributed by atoms with Gasteiger partial charge >= 0.3 is 0 Å². The number of rotatable bonds is 4. The van der Waals surface area contributed by atoms with E-state index in [4.69, 9.17) is 0 Å². The van der Waals surface area contributed by atoms with Crippen molar-refractivity contribution in [1.29, 1.82) is 0 Å². The SMILES string of the molecule is CN1CCCCC1CNc1ccc(N2CCCCC2)cc1. The number of nitrogens with zero attached hydrogens (tertiary/aromatic N) is 2. The molecule has 0 spiro atoms. The van der Waals surface area contributed by atoms with Crippen LogP contribution < -0.4 is 10.2 Å². The summed E-state index contributed by atoms with van der Waals surface area (Å²) < 4.78 is 0. The molecule has 1 aromatic carbocycles. The fourth-order valence-corrected chi connectivity index (χ4v) is 3.58. The van der Waals surface area contributed by atoms with Gasteiger partial charge < -0.3 is 15.1 Å². The van der Waals surface area contributed by atoms with Crippen LogP contribution in [0.4, 0.5) is 11.4 Å². The maximum absolute atomic E-state index is 3.61. The second-order valence-corrected chi connectivity index (χ2v) is 6.61. The van der Waals surface area contributed by atoms with E-state index in [1.165, 1.54) is 69.5 Å². The minimum atomic E-state index is 0.695. The summed E-state index contributed by atoms with van der Waals surface area (Å²) in [5, 5.41) is 3.61. The Labute approximate surface area is 129 Å². The molecule has 0 radical (unpaired) electrons. The van der Waals surface area contributed by atoms with Gasteiger partial charge in [-0.3, -0.25) is 0 Å². The Morgan fingerprint density at radius 2 is 1.67 bits per heavy atom. The molecule has 0 bridgehead atoms. The van der Waals surface area contributed by atoms with Gasteiger partial charge in [-0.05, 0) is 70.0 Å². The molecule has 21 heavy (non-hydrogen) atoms. The van der Waals surface area contributed by atoms with Crippen LogP contribution in [0.5, 0.6) is 0 Å². The number of nitrogens with one attached hydrogen (secondary N) is 1. The normalized spacial score (nSPS) is 24.0. The molecule has 2 saturated heterocycles. The molecule has 0 amide bonds. The zero-order valence-electron chi connectivity index (χ0n) is 13.4. The second-order valence-electron chi connectivity index (χ2n) is 6.61. The third-order valence-electron chi connectivity index (χ3n) is 5.05. The van der Waals surface area contributed by atoms with Crippen LogP contribution in [0.25, 0.3) is 0 Å². The lowest BCUT2D eigenvalue weighted by molar-refractivity contribution is 0.194. The number of anilines is 2. The van der Waals surface area contributed by atoms with Crippen molar-refractivity contribution < 1.29 is 0 Å². The predicted molar refractivity (Wildman–Crippen MR) is 91.3 cm³/mol. The quantitative estimate of drug-likeness (QED) is 0.913. The first-order chi connectivity index (χ1) is 10.3. The average Bonchev–Trinajstić information content (AvgIpc) is 2.55. The molecule has 0 aliphatic carbocycles. The number of hydrogen-bond donors (Lipinski definition) is 1. The van der Waals surface area contributed by atoms with Crippen molar-refractivity contribution in [2.75, 3.05) is 43.4 Å². The lowest BCUT2D eigenvalue weighted by Crippen LogP contribution is -2.40. The van der Waals surface area contributed by atoms with Crippen LogP contribution in [-0.2, 0) is 0 Å². The highest BCUT2D eigenvalue weighted by molar-refractivity contribution is 5.55. The third kappa shape index (κ3) is 3.91. The van der Waals surface area contributed by atoms with Gasteiger partial charge in [0, 0.05) is 37.1 Å². The molecule has 1 atom stereocenters. The topological polar surface area (TPSA) is 18.5 Å². The molecular formula is C18H29N3. The van der Waals surface area contributed by atoms with Crippen LogP contribution in [0.2, 0.25) is 0 Å². The number of benzene rings is 1. The van der Waals surface area contributed by atoms with E-state index in [-0.39, 0.29) is 0 Å². The highest BCUT2D eigenvalue weighted by Gasteiger charge is 2.18. The molecule has 1 aromatic rings. The Kier molecular flexibility index (Phi) is 5.02. The van der Waals surface area contributed by atoms with Gasteiger partial charge in [0.1, 0.15) is 0 Å². The third-order valence-corrected chi connectivity index (χ3v) is 5.05. The molecule has 0 saturated carbocycles. The van der Waals surface area contributed by atoms with Gasteiger partial charge in [0.2, 0.25) is 0 Å². The smallest absolute Gasteiger partial charge is 0.0367 e. The minimum Gasteiger partial charge on any atom is -0.383 e. The first-order valence-corrected chi connectivity index (χ1v) is 8.62. The number of piperidine rings is 2. The lowest BCUT2D eigenvalue weighted by atomic mass is 10.0. The van der Waals surface area contributed by atoms with E-state index in [1.54, 1.807) is 0 Å². The molecular weight excluding hydrogens is 258 g/mol. The van der Waals surface area contributed by atoms with E-state index in [9.17, 15) is 0 Å². The summed E-state index contributed by atoms with van der Waals surface area (Å²) in [5.74, 6) is 0. The van der Waals surface area contributed by atoms with Gasteiger partial charge in [0.05, 0.1) is 0 Å². The largest absolute Gasteiger partial charge is 0.383 e. The molecule has 3 nitrogen and oxygen atoms in total. The van der Waals surface area contributed by atoms with E-state index in [0.717, 1.165) is 6.54 Å². The molecule has 2 aliphatic rings. The number of hydrogen-bond acceptors (Lipinski definition) is 3. The van der Waals surface area contributed by atoms with E-state index in [2.05, 4.69) is 46.4 Å². The summed E-state index contributed by atoms with van der Waals surface area (Å²) in [6.45, 7) is 4.76. The summed E-state index contributed by atoms with van der Waals surface area (Å²) in [7, 11) is 2.25. The van der Waals surface area contributed by atoms with Crippen LogP contribution in [-0.4, -0.2) is 44.2 Å². The van der Waals surface area contributed by atoms with Crippen LogP contribution in [0.15, 0.2) is 24.3 Å². The molecule has 116 valence electrons. The molecule has 1 unspecified atom stereocenters. The van der Waals surface area contributed by atoms with Crippen LogP contribution in [0.1, 0.15) is 38.5 Å². The van der Waals surface area contributed by atoms with Crippen LogP contribution in [0.3, 0.4) is 0 Å². The first-order valence-electron chi connectivity index (χ1n) is 8.62. The van der Waals surface area contributed by atoms with Crippen molar-refractivity contribution in [2.24, 2.45) is 0 Å². The van der Waals surface area contributed by atoms with Crippen molar-refractivity contribution >= 4 is 11.4 Å². The van der Waals surface area contributed by atoms with Crippen molar-refractivity contribution in [1.82, 2.24) is 4.90 Å². The first kappa shape index (κ1) is 14.7. The van der Waals surface area contributed by atoms with Crippen molar-refractivity contribution in [2.45, 2.75) is 44.6 Å². The summed E-state index contributed by atoms with van der Waals surface area (Å²) >= 11 is 0. The fourth-order valence-electron chi connectivity index (χ4n) is 3.58. The highest BCUT2D eigenvalue weighted by Crippen LogP contribution is 2.22. The van der Waals surface area contributed by atoms with Crippen LogP contribution >= 0.6 is 0 Å². The summed E-state index contributed by atoms with van der Waals surface area (Å²) in [6.07, 6.45) is 8.14. The molecule has 2 aliphatic heterocycles. The van der Waals surface area contributed by atoms with E-state index >= 15 is 0 Å². The molecule has 2 heterocycles. The lowest BCUT2D eigenvalue weighted by Gasteiger charge is -2.33. The zero-order valence-corrected chi connectivity index (χ0v) is 13.4. The molecule has 1 N–H and O–H groups in total. The standard InChI is InChI=1S/C18H29N3/c1-20-12-6-3-7-18(20)15-19-16-8-10-17(11-9-16)21-13-4-2-5-14-21/h8-11,18-19H,2-7,12-15H2,1H3. The molecule has 0 aromatic heterocycles. The highest BCUT2D eigenvalue weighted by atomic mass is 15.2. The second kappa shape index (κ2) is 7.17. The van der Waals surface area contributed by atoms with Crippen LogP contribution in [0, 0.1) is 0 Å². The van der Waals surface area contributed by atoms with Gasteiger partial charge in [0.15, 0.2) is 0 Å². The number of likely N-dealkylation sites (tertiary alicyclic amines) is 1. The molecule has 2 fully saturated rings. The maximum atomic E-state index is 3.61. The molecule has 3 rings (SSSR count). The Morgan fingerprint density at radius 1 is 0.952 bits per heavy atom. The van der Waals surface area contributed by atoms with Crippen molar-refractivity contribution in [3.8, 4) is 0 Å². The predicted octanol–water partition coefficient (Wildman–Crippen LogP) is 3.57. The Hall–Kier alpha value is -1.22. The van der Waals surface area contributed by atoms with Crippen molar-refractivity contribution in [3.05, 3.63) is 24.3 Å². The Morgan fingerprint density at radius 3 is 2.38 bits per heavy atom. The fraction of sp³-hybridized carbons (Fsp3) is 0.667. The number of likely N-dealkylation sites (N-methyl/N-ethyl adjacent to an activating group) is 1. The average molecular weight is 287 g/mol. The Bertz CT molecular complexity index is 423.